The molecule has 1 aliphatic rings. The maximum absolute atomic E-state index is 12.8. The van der Waals surface area contributed by atoms with Gasteiger partial charge in [-0.2, -0.15) is 0 Å². The highest BCUT2D eigenvalue weighted by atomic mass is 16.2. The van der Waals surface area contributed by atoms with E-state index in [0.29, 0.717) is 37.4 Å². The zero-order chi connectivity index (χ0) is 18.1. The van der Waals surface area contributed by atoms with E-state index in [9.17, 15) is 9.59 Å². The summed E-state index contributed by atoms with van der Waals surface area (Å²) >= 11 is 0. The maximum atomic E-state index is 12.8. The van der Waals surface area contributed by atoms with Crippen LogP contribution in [-0.4, -0.2) is 67.3 Å². The van der Waals surface area contributed by atoms with E-state index < -0.39 is 0 Å². The molecule has 1 aromatic carbocycles. The Morgan fingerprint density at radius 1 is 0.962 bits per heavy atom. The minimum atomic E-state index is -0.153. The minimum Gasteiger partial charge on any atom is -0.335 e. The van der Waals surface area contributed by atoms with Crippen molar-refractivity contribution < 1.29 is 9.59 Å². The summed E-state index contributed by atoms with van der Waals surface area (Å²) in [5.41, 5.74) is 2.73. The maximum Gasteiger partial charge on any atom is 0.274 e. The molecular weight excluding hydrogens is 332 g/mol. The van der Waals surface area contributed by atoms with Gasteiger partial charge < -0.3 is 14.4 Å². The van der Waals surface area contributed by atoms with Crippen LogP contribution in [-0.2, 0) is 7.05 Å². The monoisotopic (exact) mass is 350 g/mol. The molecular formula is C18H18N6O2. The quantitative estimate of drug-likeness (QED) is 0.687. The third-order valence-electron chi connectivity index (χ3n) is 4.61. The molecule has 0 N–H and O–H groups in total. The normalized spacial score (nSPS) is 14.7. The van der Waals surface area contributed by atoms with Crippen LogP contribution in [0, 0.1) is 0 Å². The molecule has 132 valence electrons. The van der Waals surface area contributed by atoms with Gasteiger partial charge in [0.25, 0.3) is 11.8 Å². The van der Waals surface area contributed by atoms with E-state index in [4.69, 9.17) is 0 Å². The van der Waals surface area contributed by atoms with Gasteiger partial charge in [0.1, 0.15) is 5.69 Å². The van der Waals surface area contributed by atoms with Gasteiger partial charge in [-0.25, -0.2) is 9.97 Å². The van der Waals surface area contributed by atoms with Crippen molar-refractivity contribution in [3.63, 3.8) is 0 Å². The Labute approximate surface area is 150 Å². The van der Waals surface area contributed by atoms with Crippen molar-refractivity contribution in [3.05, 3.63) is 54.4 Å². The molecule has 0 aliphatic carbocycles. The molecule has 0 radical (unpaired) electrons. The number of hydrogen-bond acceptors (Lipinski definition) is 5. The molecule has 0 saturated carbocycles. The van der Waals surface area contributed by atoms with Crippen molar-refractivity contribution in [2.45, 2.75) is 0 Å². The highest BCUT2D eigenvalue weighted by Gasteiger charge is 2.26. The molecule has 8 heteroatoms. The van der Waals surface area contributed by atoms with E-state index in [-0.39, 0.29) is 11.8 Å². The number of benzene rings is 1. The fraction of sp³-hybridized carbons (Fsp3) is 0.278. The van der Waals surface area contributed by atoms with Crippen molar-refractivity contribution in [3.8, 4) is 0 Å². The molecule has 0 spiro atoms. The SMILES string of the molecule is Cn1cnc2cc(C(=O)N3CCN(C(=O)c4cnccn4)CC3)ccc21. The third kappa shape index (κ3) is 2.90. The minimum absolute atomic E-state index is 0.0378. The molecule has 3 heterocycles. The molecule has 26 heavy (non-hydrogen) atoms. The lowest BCUT2D eigenvalue weighted by Crippen LogP contribution is -2.50. The lowest BCUT2D eigenvalue weighted by molar-refractivity contribution is 0.0532. The highest BCUT2D eigenvalue weighted by molar-refractivity contribution is 5.97. The van der Waals surface area contributed by atoms with Gasteiger partial charge in [-0.3, -0.25) is 14.6 Å². The Hall–Kier alpha value is -3.29. The summed E-state index contributed by atoms with van der Waals surface area (Å²) in [6.45, 7) is 1.94. The summed E-state index contributed by atoms with van der Waals surface area (Å²) in [5, 5.41) is 0. The number of piperazine rings is 1. The summed E-state index contributed by atoms with van der Waals surface area (Å²) in [4.78, 5) is 40.9. The zero-order valence-electron chi connectivity index (χ0n) is 14.4. The summed E-state index contributed by atoms with van der Waals surface area (Å²) < 4.78 is 1.92. The highest BCUT2D eigenvalue weighted by Crippen LogP contribution is 2.16. The summed E-state index contributed by atoms with van der Waals surface area (Å²) in [6.07, 6.45) is 6.23. The Morgan fingerprint density at radius 3 is 2.38 bits per heavy atom. The second-order valence-corrected chi connectivity index (χ2v) is 6.23. The summed E-state index contributed by atoms with van der Waals surface area (Å²) in [7, 11) is 1.92. The van der Waals surface area contributed by atoms with Crippen LogP contribution in [0.5, 0.6) is 0 Å². The molecule has 3 aromatic rings. The summed E-state index contributed by atoms with van der Waals surface area (Å²) in [6, 6.07) is 5.54. The molecule has 1 aliphatic heterocycles. The van der Waals surface area contributed by atoms with Gasteiger partial charge >= 0.3 is 0 Å². The van der Waals surface area contributed by atoms with E-state index in [1.54, 1.807) is 16.1 Å². The smallest absolute Gasteiger partial charge is 0.274 e. The first kappa shape index (κ1) is 16.2. The van der Waals surface area contributed by atoms with Crippen molar-refractivity contribution in [2.75, 3.05) is 26.2 Å². The average Bonchev–Trinajstić information content (AvgIpc) is 3.08. The molecule has 2 amide bonds. The number of amides is 2. The molecule has 0 atom stereocenters. The van der Waals surface area contributed by atoms with Crippen LogP contribution in [0.4, 0.5) is 0 Å². The Morgan fingerprint density at radius 2 is 1.69 bits per heavy atom. The number of imidazole rings is 1. The fourth-order valence-corrected chi connectivity index (χ4v) is 3.14. The third-order valence-corrected chi connectivity index (χ3v) is 4.61. The molecule has 8 nitrogen and oxygen atoms in total. The van der Waals surface area contributed by atoms with E-state index in [1.165, 1.54) is 18.6 Å². The van der Waals surface area contributed by atoms with Gasteiger partial charge in [0, 0.05) is 51.2 Å². The number of nitrogens with zero attached hydrogens (tertiary/aromatic N) is 6. The lowest BCUT2D eigenvalue weighted by Gasteiger charge is -2.34. The van der Waals surface area contributed by atoms with Crippen molar-refractivity contribution in [1.82, 2.24) is 29.3 Å². The van der Waals surface area contributed by atoms with Crippen LogP contribution >= 0.6 is 0 Å². The molecule has 0 unspecified atom stereocenters. The van der Waals surface area contributed by atoms with Gasteiger partial charge in [-0.05, 0) is 18.2 Å². The lowest BCUT2D eigenvalue weighted by atomic mass is 10.1. The summed E-state index contributed by atoms with van der Waals surface area (Å²) in [5.74, 6) is -0.191. The van der Waals surface area contributed by atoms with E-state index >= 15 is 0 Å². The second kappa shape index (κ2) is 6.55. The Bertz CT molecular complexity index is 960. The van der Waals surface area contributed by atoms with Crippen LogP contribution in [0.25, 0.3) is 11.0 Å². The van der Waals surface area contributed by atoms with Gasteiger partial charge in [-0.15, -0.1) is 0 Å². The number of aryl methyl sites for hydroxylation is 1. The topological polar surface area (TPSA) is 84.2 Å². The van der Waals surface area contributed by atoms with Crippen molar-refractivity contribution in [2.24, 2.45) is 7.05 Å². The molecule has 4 rings (SSSR count). The van der Waals surface area contributed by atoms with E-state index in [0.717, 1.165) is 11.0 Å². The number of carbonyl (C=O) groups excluding carboxylic acids is 2. The average molecular weight is 350 g/mol. The van der Waals surface area contributed by atoms with Gasteiger partial charge in [0.15, 0.2) is 0 Å². The van der Waals surface area contributed by atoms with E-state index in [2.05, 4.69) is 15.0 Å². The van der Waals surface area contributed by atoms with Crippen LogP contribution in [0.1, 0.15) is 20.8 Å². The molecule has 2 aromatic heterocycles. The standard InChI is InChI=1S/C18H18N6O2/c1-22-12-21-14-10-13(2-3-16(14)22)17(25)23-6-8-24(9-7-23)18(26)15-11-19-4-5-20-15/h2-5,10-12H,6-9H2,1H3. The Balaban J connectivity index is 1.43. The number of aromatic nitrogens is 4. The van der Waals surface area contributed by atoms with Gasteiger partial charge in [0.2, 0.25) is 0 Å². The zero-order valence-corrected chi connectivity index (χ0v) is 14.4. The molecule has 1 saturated heterocycles. The fourth-order valence-electron chi connectivity index (χ4n) is 3.14. The van der Waals surface area contributed by atoms with Crippen LogP contribution in [0.15, 0.2) is 43.1 Å². The Kier molecular flexibility index (Phi) is 4.08. The van der Waals surface area contributed by atoms with Crippen molar-refractivity contribution >= 4 is 22.8 Å². The number of carbonyl (C=O) groups is 2. The predicted molar refractivity (Wildman–Crippen MR) is 94.6 cm³/mol. The van der Waals surface area contributed by atoms with Crippen LogP contribution < -0.4 is 0 Å². The second-order valence-electron chi connectivity index (χ2n) is 6.23. The number of rotatable bonds is 2. The van der Waals surface area contributed by atoms with Gasteiger partial charge in [0.05, 0.1) is 23.6 Å². The number of hydrogen-bond donors (Lipinski definition) is 0. The van der Waals surface area contributed by atoms with Gasteiger partial charge in [-0.1, -0.05) is 0 Å². The number of fused-ring (bicyclic) bond motifs is 1. The first-order valence-electron chi connectivity index (χ1n) is 8.39. The first-order valence-corrected chi connectivity index (χ1v) is 8.39. The molecule has 1 fully saturated rings. The van der Waals surface area contributed by atoms with Crippen molar-refractivity contribution in [1.29, 1.82) is 0 Å². The van der Waals surface area contributed by atoms with Crippen LogP contribution in [0.2, 0.25) is 0 Å². The predicted octanol–water partition coefficient (Wildman–Crippen LogP) is 0.961. The van der Waals surface area contributed by atoms with E-state index in [1.807, 2.05) is 29.8 Å². The largest absolute Gasteiger partial charge is 0.335 e. The molecule has 0 bridgehead atoms. The van der Waals surface area contributed by atoms with Crippen LogP contribution in [0.3, 0.4) is 0 Å². The first-order chi connectivity index (χ1) is 12.6.